The molecule has 1 unspecified atom stereocenters. The van der Waals surface area contributed by atoms with E-state index in [4.69, 9.17) is 0 Å². The predicted molar refractivity (Wildman–Crippen MR) is 65.7 cm³/mol. The van der Waals surface area contributed by atoms with Gasteiger partial charge in [0.15, 0.2) is 6.29 Å². The van der Waals surface area contributed by atoms with Gasteiger partial charge in [-0.2, -0.15) is 0 Å². The third-order valence-corrected chi connectivity index (χ3v) is 3.90. The van der Waals surface area contributed by atoms with Gasteiger partial charge in [-0.15, -0.1) is 0 Å². The zero-order valence-corrected chi connectivity index (χ0v) is 10.1. The van der Waals surface area contributed by atoms with Crippen LogP contribution in [0.3, 0.4) is 0 Å². The molecule has 1 aromatic heterocycles. The third-order valence-electron chi connectivity index (χ3n) is 3.90. The Labute approximate surface area is 97.7 Å². The topological polar surface area (TPSA) is 22.0 Å². The Hall–Kier alpha value is -1.05. The van der Waals surface area contributed by atoms with Crippen LogP contribution in [0.15, 0.2) is 18.3 Å². The van der Waals surface area contributed by atoms with Gasteiger partial charge in [-0.25, -0.2) is 0 Å². The molecule has 1 saturated carbocycles. The SMILES string of the molecule is CCC(C1CCCCC1)n1cccc1C=O. The van der Waals surface area contributed by atoms with Crippen LogP contribution in [0.4, 0.5) is 0 Å². The Balaban J connectivity index is 2.17. The number of hydrogen-bond acceptors (Lipinski definition) is 1. The van der Waals surface area contributed by atoms with Gasteiger partial charge in [-0.3, -0.25) is 4.79 Å². The van der Waals surface area contributed by atoms with E-state index in [9.17, 15) is 4.79 Å². The average molecular weight is 219 g/mol. The van der Waals surface area contributed by atoms with Crippen molar-refractivity contribution in [1.82, 2.24) is 4.57 Å². The number of aldehydes is 1. The van der Waals surface area contributed by atoms with E-state index < -0.39 is 0 Å². The maximum atomic E-state index is 11.0. The summed E-state index contributed by atoms with van der Waals surface area (Å²) in [6, 6.07) is 4.42. The quantitative estimate of drug-likeness (QED) is 0.705. The normalized spacial score (nSPS) is 19.6. The molecule has 0 saturated heterocycles. The van der Waals surface area contributed by atoms with E-state index in [-0.39, 0.29) is 0 Å². The summed E-state index contributed by atoms with van der Waals surface area (Å²) in [6.07, 6.45) is 10.9. The van der Waals surface area contributed by atoms with Crippen LogP contribution in [0.1, 0.15) is 62.0 Å². The van der Waals surface area contributed by atoms with Gasteiger partial charge in [0, 0.05) is 12.2 Å². The van der Waals surface area contributed by atoms with Gasteiger partial charge < -0.3 is 4.57 Å². The minimum Gasteiger partial charge on any atom is -0.342 e. The van der Waals surface area contributed by atoms with Crippen molar-refractivity contribution < 1.29 is 4.79 Å². The van der Waals surface area contributed by atoms with E-state index in [1.54, 1.807) is 0 Å². The summed E-state index contributed by atoms with van der Waals surface area (Å²) < 4.78 is 2.18. The number of hydrogen-bond donors (Lipinski definition) is 0. The number of carbonyl (C=O) groups is 1. The summed E-state index contributed by atoms with van der Waals surface area (Å²) in [5, 5.41) is 0. The first kappa shape index (κ1) is 11.4. The first-order valence-electron chi connectivity index (χ1n) is 6.48. The molecule has 2 rings (SSSR count). The van der Waals surface area contributed by atoms with Crippen molar-refractivity contribution in [3.05, 3.63) is 24.0 Å². The number of nitrogens with zero attached hydrogens (tertiary/aromatic N) is 1. The second-order valence-corrected chi connectivity index (χ2v) is 4.83. The molecule has 2 heteroatoms. The summed E-state index contributed by atoms with van der Waals surface area (Å²) in [5.41, 5.74) is 0.831. The Morgan fingerprint density at radius 2 is 2.19 bits per heavy atom. The lowest BCUT2D eigenvalue weighted by molar-refractivity contribution is 0.110. The lowest BCUT2D eigenvalue weighted by Crippen LogP contribution is -2.22. The van der Waals surface area contributed by atoms with Gasteiger partial charge >= 0.3 is 0 Å². The van der Waals surface area contributed by atoms with Crippen molar-refractivity contribution in [2.75, 3.05) is 0 Å². The molecule has 1 aliphatic rings. The van der Waals surface area contributed by atoms with Crippen LogP contribution in [0.2, 0.25) is 0 Å². The Morgan fingerprint density at radius 1 is 1.44 bits per heavy atom. The number of rotatable bonds is 4. The lowest BCUT2D eigenvalue weighted by atomic mass is 9.82. The second kappa shape index (κ2) is 5.33. The van der Waals surface area contributed by atoms with Crippen molar-refractivity contribution in [3.8, 4) is 0 Å². The van der Waals surface area contributed by atoms with Crippen LogP contribution >= 0.6 is 0 Å². The second-order valence-electron chi connectivity index (χ2n) is 4.83. The number of aromatic nitrogens is 1. The molecule has 16 heavy (non-hydrogen) atoms. The van der Waals surface area contributed by atoms with Gasteiger partial charge in [0.1, 0.15) is 0 Å². The molecule has 0 aliphatic heterocycles. The molecular weight excluding hydrogens is 198 g/mol. The first-order chi connectivity index (χ1) is 7.86. The maximum absolute atomic E-state index is 11.0. The Bertz CT molecular complexity index is 336. The van der Waals surface area contributed by atoms with Gasteiger partial charge in [0.2, 0.25) is 0 Å². The minimum atomic E-state index is 0.524. The molecule has 1 aromatic rings. The molecular formula is C14H21NO. The molecule has 88 valence electrons. The fourth-order valence-electron chi connectivity index (χ4n) is 3.08. The van der Waals surface area contributed by atoms with Gasteiger partial charge in [0.05, 0.1) is 5.69 Å². The van der Waals surface area contributed by atoms with E-state index in [2.05, 4.69) is 17.7 Å². The van der Waals surface area contributed by atoms with Crippen molar-refractivity contribution >= 4 is 6.29 Å². The molecule has 0 amide bonds. The molecule has 0 bridgehead atoms. The highest BCUT2D eigenvalue weighted by Crippen LogP contribution is 2.35. The van der Waals surface area contributed by atoms with Gasteiger partial charge in [-0.1, -0.05) is 26.2 Å². The average Bonchev–Trinajstić information content (AvgIpc) is 2.80. The van der Waals surface area contributed by atoms with Crippen LogP contribution in [0.25, 0.3) is 0 Å². The standard InChI is InChI=1S/C14H21NO/c1-2-14(12-7-4-3-5-8-12)15-10-6-9-13(15)11-16/h6,9-12,14H,2-5,7-8H2,1H3. The fourth-order valence-corrected chi connectivity index (χ4v) is 3.08. The lowest BCUT2D eigenvalue weighted by Gasteiger charge is -2.31. The molecule has 0 aromatic carbocycles. The van der Waals surface area contributed by atoms with Crippen molar-refractivity contribution in [2.45, 2.75) is 51.5 Å². The summed E-state index contributed by atoms with van der Waals surface area (Å²) in [4.78, 5) is 11.0. The third kappa shape index (κ3) is 2.21. The molecule has 0 spiro atoms. The largest absolute Gasteiger partial charge is 0.342 e. The van der Waals surface area contributed by atoms with Crippen molar-refractivity contribution in [1.29, 1.82) is 0 Å². The van der Waals surface area contributed by atoms with E-state index in [0.29, 0.717) is 6.04 Å². The van der Waals surface area contributed by atoms with Crippen LogP contribution in [-0.4, -0.2) is 10.9 Å². The highest BCUT2D eigenvalue weighted by atomic mass is 16.1. The smallest absolute Gasteiger partial charge is 0.166 e. The van der Waals surface area contributed by atoms with Crippen LogP contribution < -0.4 is 0 Å². The molecule has 0 N–H and O–H groups in total. The summed E-state index contributed by atoms with van der Waals surface area (Å²) in [7, 11) is 0. The van der Waals surface area contributed by atoms with Crippen LogP contribution in [-0.2, 0) is 0 Å². The van der Waals surface area contributed by atoms with Crippen LogP contribution in [0, 0.1) is 5.92 Å². The van der Waals surface area contributed by atoms with E-state index in [1.807, 2.05) is 12.1 Å². The predicted octanol–water partition coefficient (Wildman–Crippen LogP) is 3.83. The fraction of sp³-hybridized carbons (Fsp3) is 0.643. The Morgan fingerprint density at radius 3 is 2.81 bits per heavy atom. The highest BCUT2D eigenvalue weighted by Gasteiger charge is 2.24. The summed E-state index contributed by atoms with van der Waals surface area (Å²) in [6.45, 7) is 2.23. The van der Waals surface area contributed by atoms with Gasteiger partial charge in [-0.05, 0) is 37.3 Å². The first-order valence-corrected chi connectivity index (χ1v) is 6.48. The molecule has 1 atom stereocenters. The zero-order valence-electron chi connectivity index (χ0n) is 10.1. The summed E-state index contributed by atoms with van der Waals surface area (Å²) in [5.74, 6) is 0.768. The van der Waals surface area contributed by atoms with E-state index in [0.717, 1.165) is 24.3 Å². The van der Waals surface area contributed by atoms with Crippen molar-refractivity contribution in [3.63, 3.8) is 0 Å². The van der Waals surface area contributed by atoms with E-state index >= 15 is 0 Å². The number of carbonyl (C=O) groups excluding carboxylic acids is 1. The van der Waals surface area contributed by atoms with E-state index in [1.165, 1.54) is 32.1 Å². The minimum absolute atomic E-state index is 0.524. The molecule has 1 aliphatic carbocycles. The molecule has 0 radical (unpaired) electrons. The molecule has 1 fully saturated rings. The maximum Gasteiger partial charge on any atom is 0.166 e. The van der Waals surface area contributed by atoms with Crippen molar-refractivity contribution in [2.24, 2.45) is 5.92 Å². The van der Waals surface area contributed by atoms with Crippen LogP contribution in [0.5, 0.6) is 0 Å². The zero-order chi connectivity index (χ0) is 11.4. The molecule has 1 heterocycles. The highest BCUT2D eigenvalue weighted by molar-refractivity contribution is 5.72. The Kier molecular flexibility index (Phi) is 3.81. The monoisotopic (exact) mass is 219 g/mol. The van der Waals surface area contributed by atoms with Gasteiger partial charge in [0.25, 0.3) is 0 Å². The molecule has 2 nitrogen and oxygen atoms in total. The summed E-state index contributed by atoms with van der Waals surface area (Å²) >= 11 is 0.